The Bertz CT molecular complexity index is 718. The topological polar surface area (TPSA) is 232 Å². The Balaban J connectivity index is 0.000000254. The lowest BCUT2D eigenvalue weighted by Crippen LogP contribution is -2.04. The summed E-state index contributed by atoms with van der Waals surface area (Å²) in [6, 6.07) is 2.85. The second kappa shape index (κ2) is 6.91. The average Bonchev–Trinajstić information content (AvgIpc) is 2.47. The van der Waals surface area contributed by atoms with Crippen molar-refractivity contribution in [2.24, 2.45) is 0 Å². The number of aromatic nitrogens is 1. The van der Waals surface area contributed by atoms with Crippen LogP contribution in [0.15, 0.2) is 18.2 Å². The van der Waals surface area contributed by atoms with Crippen LogP contribution in [0.2, 0.25) is 0 Å². The number of aromatic hydroxyl groups is 2. The number of hydrogen-bond acceptors (Lipinski definition) is 9. The second-order valence-electron chi connectivity index (χ2n) is 4.43. The third-order valence-electron chi connectivity index (χ3n) is 2.72. The van der Waals surface area contributed by atoms with Gasteiger partial charge < -0.3 is 43.4 Å². The van der Waals surface area contributed by atoms with Crippen molar-refractivity contribution in [3.63, 3.8) is 0 Å². The van der Waals surface area contributed by atoms with E-state index < -0.39 is 34.6 Å². The van der Waals surface area contributed by atoms with Crippen molar-refractivity contribution in [1.82, 2.24) is 4.98 Å². The number of anilines is 4. The molecular formula is C13H15N5O6. The van der Waals surface area contributed by atoms with E-state index in [9.17, 15) is 9.59 Å². The Morgan fingerprint density at radius 1 is 0.750 bits per heavy atom. The molecule has 0 aliphatic heterocycles. The number of phenols is 2. The van der Waals surface area contributed by atoms with E-state index in [1.165, 1.54) is 6.07 Å². The first-order chi connectivity index (χ1) is 11.0. The number of benzene rings is 1. The molecule has 2 rings (SSSR count). The molecule has 11 heteroatoms. The summed E-state index contributed by atoms with van der Waals surface area (Å²) in [5.74, 6) is -3.87. The van der Waals surface area contributed by atoms with Crippen molar-refractivity contribution in [2.45, 2.75) is 0 Å². The van der Waals surface area contributed by atoms with Crippen LogP contribution in [-0.2, 0) is 0 Å². The van der Waals surface area contributed by atoms with E-state index in [4.69, 9.17) is 43.4 Å². The quantitative estimate of drug-likeness (QED) is 0.337. The van der Waals surface area contributed by atoms with Crippen LogP contribution in [0, 0.1) is 0 Å². The fourth-order valence-corrected chi connectivity index (χ4v) is 1.49. The lowest BCUT2D eigenvalue weighted by atomic mass is 10.1. The molecule has 0 aliphatic rings. The summed E-state index contributed by atoms with van der Waals surface area (Å²) in [5.41, 5.74) is 21.0. The zero-order valence-electron chi connectivity index (χ0n) is 12.1. The average molecular weight is 337 g/mol. The summed E-state index contributed by atoms with van der Waals surface area (Å²) in [6.45, 7) is 0. The zero-order valence-corrected chi connectivity index (χ0v) is 12.1. The van der Waals surface area contributed by atoms with E-state index in [-0.39, 0.29) is 11.6 Å². The van der Waals surface area contributed by atoms with Crippen molar-refractivity contribution < 1.29 is 30.0 Å². The molecule has 0 unspecified atom stereocenters. The Morgan fingerprint density at radius 2 is 1.08 bits per heavy atom. The molecule has 0 atom stereocenters. The van der Waals surface area contributed by atoms with Crippen LogP contribution in [0.1, 0.15) is 20.7 Å². The fraction of sp³-hybridized carbons (Fsp3) is 0. The molecule has 0 saturated heterocycles. The molecule has 0 aliphatic carbocycles. The minimum absolute atomic E-state index is 0.215. The number of hydrogen-bond donors (Lipinski definition) is 8. The zero-order chi connectivity index (χ0) is 18.6. The van der Waals surface area contributed by atoms with Gasteiger partial charge in [0.1, 0.15) is 34.3 Å². The molecule has 1 aromatic heterocycles. The number of carboxylic acids is 2. The van der Waals surface area contributed by atoms with Gasteiger partial charge in [-0.2, -0.15) is 0 Å². The molecule has 24 heavy (non-hydrogen) atoms. The Kier molecular flexibility index (Phi) is 5.23. The summed E-state index contributed by atoms with van der Waals surface area (Å²) in [5, 5.41) is 35.2. The molecule has 0 fully saturated rings. The van der Waals surface area contributed by atoms with Gasteiger partial charge in [-0.3, -0.25) is 0 Å². The van der Waals surface area contributed by atoms with E-state index >= 15 is 0 Å². The first-order valence-corrected chi connectivity index (χ1v) is 6.14. The van der Waals surface area contributed by atoms with Crippen molar-refractivity contribution in [2.75, 3.05) is 22.9 Å². The lowest BCUT2D eigenvalue weighted by molar-refractivity contribution is 0.0675. The number of nitrogens with two attached hydrogens (primary N) is 4. The minimum atomic E-state index is -1.45. The fourth-order valence-electron chi connectivity index (χ4n) is 1.49. The molecule has 0 bridgehead atoms. The van der Waals surface area contributed by atoms with Crippen LogP contribution in [0.4, 0.5) is 23.0 Å². The third kappa shape index (κ3) is 4.07. The Labute approximate surface area is 134 Å². The standard InChI is InChI=1S/C8H6O6.C5H9N5/c9-5-1-3(7(11)12)6(10)2-4(5)8(13)14;6-2-1-3(7)5(9)10-4(2)8/h1-2,9-10H,(H,11,12)(H,13,14);1H,6-7H2,(H4,8,9,10). The van der Waals surface area contributed by atoms with E-state index in [0.717, 1.165) is 0 Å². The van der Waals surface area contributed by atoms with E-state index in [2.05, 4.69) is 4.98 Å². The molecule has 11 nitrogen and oxygen atoms in total. The van der Waals surface area contributed by atoms with Gasteiger partial charge >= 0.3 is 11.9 Å². The highest BCUT2D eigenvalue weighted by Gasteiger charge is 2.17. The monoisotopic (exact) mass is 337 g/mol. The maximum absolute atomic E-state index is 10.4. The summed E-state index contributed by atoms with van der Waals surface area (Å²) >= 11 is 0. The predicted molar refractivity (Wildman–Crippen MR) is 85.6 cm³/mol. The van der Waals surface area contributed by atoms with Gasteiger partial charge in [0.05, 0.1) is 11.4 Å². The lowest BCUT2D eigenvalue weighted by Gasteiger charge is -2.03. The summed E-state index contributed by atoms with van der Waals surface area (Å²) in [7, 11) is 0. The molecule has 0 saturated carbocycles. The van der Waals surface area contributed by atoms with E-state index in [1.807, 2.05) is 0 Å². The van der Waals surface area contributed by atoms with Crippen LogP contribution in [-0.4, -0.2) is 37.3 Å². The smallest absolute Gasteiger partial charge is 0.339 e. The van der Waals surface area contributed by atoms with Crippen molar-refractivity contribution in [3.8, 4) is 11.5 Å². The number of nitrogens with zero attached hydrogens (tertiary/aromatic N) is 1. The summed E-state index contributed by atoms with van der Waals surface area (Å²) in [6.07, 6.45) is 0. The number of carbonyl (C=O) groups is 2. The number of pyridine rings is 1. The second-order valence-corrected chi connectivity index (χ2v) is 4.43. The Hall–Kier alpha value is -3.89. The van der Waals surface area contributed by atoms with Crippen LogP contribution in [0.25, 0.3) is 0 Å². The molecule has 0 radical (unpaired) electrons. The van der Waals surface area contributed by atoms with Gasteiger partial charge in [-0.25, -0.2) is 14.6 Å². The SMILES string of the molecule is Nc1cc(N)c(N)nc1N.O=C(O)c1cc(O)c(C(=O)O)cc1O. The van der Waals surface area contributed by atoms with Gasteiger partial charge in [-0.15, -0.1) is 0 Å². The maximum atomic E-state index is 10.4. The number of carboxylic acid groups (broad SMARTS) is 2. The van der Waals surface area contributed by atoms with Crippen LogP contribution in [0.5, 0.6) is 11.5 Å². The van der Waals surface area contributed by atoms with Gasteiger partial charge in [0.2, 0.25) is 0 Å². The van der Waals surface area contributed by atoms with Crippen molar-refractivity contribution >= 4 is 34.9 Å². The Morgan fingerprint density at radius 3 is 1.33 bits per heavy atom. The van der Waals surface area contributed by atoms with Crippen LogP contribution >= 0.6 is 0 Å². The summed E-state index contributed by atoms with van der Waals surface area (Å²) < 4.78 is 0. The van der Waals surface area contributed by atoms with Crippen LogP contribution < -0.4 is 22.9 Å². The van der Waals surface area contributed by atoms with Gasteiger partial charge in [0.15, 0.2) is 0 Å². The summed E-state index contributed by atoms with van der Waals surface area (Å²) in [4.78, 5) is 24.6. The van der Waals surface area contributed by atoms with Gasteiger partial charge in [0.25, 0.3) is 0 Å². The maximum Gasteiger partial charge on any atom is 0.339 e. The normalized spacial score (nSPS) is 9.67. The number of nitrogen functional groups attached to an aromatic ring is 4. The molecule has 2 aromatic rings. The highest BCUT2D eigenvalue weighted by Crippen LogP contribution is 2.27. The van der Waals surface area contributed by atoms with E-state index in [1.54, 1.807) is 0 Å². The van der Waals surface area contributed by atoms with Gasteiger partial charge in [-0.05, 0) is 18.2 Å². The largest absolute Gasteiger partial charge is 0.507 e. The van der Waals surface area contributed by atoms with E-state index in [0.29, 0.717) is 23.5 Å². The molecule has 0 spiro atoms. The first kappa shape index (κ1) is 18.2. The third-order valence-corrected chi connectivity index (χ3v) is 2.72. The number of aromatic carboxylic acids is 2. The van der Waals surface area contributed by atoms with Crippen molar-refractivity contribution in [3.05, 3.63) is 29.3 Å². The molecule has 12 N–H and O–H groups in total. The number of rotatable bonds is 2. The van der Waals surface area contributed by atoms with Crippen LogP contribution in [0.3, 0.4) is 0 Å². The molecule has 0 amide bonds. The minimum Gasteiger partial charge on any atom is -0.507 e. The van der Waals surface area contributed by atoms with Gasteiger partial charge in [0, 0.05) is 0 Å². The molecule has 1 heterocycles. The molecule has 1 aromatic carbocycles. The highest BCUT2D eigenvalue weighted by atomic mass is 16.4. The highest BCUT2D eigenvalue weighted by molar-refractivity contribution is 5.96. The van der Waals surface area contributed by atoms with Crippen molar-refractivity contribution in [1.29, 1.82) is 0 Å². The predicted octanol–water partition coefficient (Wildman–Crippen LogP) is -0.0954. The molecule has 128 valence electrons. The molecular weight excluding hydrogens is 322 g/mol. The van der Waals surface area contributed by atoms with Gasteiger partial charge in [-0.1, -0.05) is 0 Å². The first-order valence-electron chi connectivity index (χ1n) is 6.14.